The van der Waals surface area contributed by atoms with Crippen LogP contribution in [0.25, 0.3) is 0 Å². The minimum Gasteiger partial charge on any atom is -0.381 e. The van der Waals surface area contributed by atoms with Gasteiger partial charge >= 0.3 is 0 Å². The molecule has 0 N–H and O–H groups in total. The second-order valence-corrected chi connectivity index (χ2v) is 7.44. The second kappa shape index (κ2) is 7.12. The van der Waals surface area contributed by atoms with Crippen LogP contribution in [-0.4, -0.2) is 66.0 Å². The highest BCUT2D eigenvalue weighted by Crippen LogP contribution is 2.36. The van der Waals surface area contributed by atoms with E-state index in [4.69, 9.17) is 4.74 Å². The Labute approximate surface area is 148 Å². The van der Waals surface area contributed by atoms with Crippen molar-refractivity contribution in [1.29, 1.82) is 0 Å². The van der Waals surface area contributed by atoms with Crippen LogP contribution in [0.15, 0.2) is 24.4 Å². The normalized spacial score (nSPS) is 28.9. The fourth-order valence-electron chi connectivity index (χ4n) is 4.45. The Bertz CT molecular complexity index is 630. The number of amides is 2. The zero-order valence-corrected chi connectivity index (χ0v) is 14.5. The van der Waals surface area contributed by atoms with Gasteiger partial charge in [-0.1, -0.05) is 6.07 Å². The number of hydrogen-bond donors (Lipinski definition) is 0. The van der Waals surface area contributed by atoms with Gasteiger partial charge in [0, 0.05) is 44.7 Å². The number of carbonyl (C=O) groups excluding carboxylic acids is 2. The van der Waals surface area contributed by atoms with E-state index in [1.807, 2.05) is 21.9 Å². The summed E-state index contributed by atoms with van der Waals surface area (Å²) in [7, 11) is 0. The van der Waals surface area contributed by atoms with E-state index in [0.717, 1.165) is 25.9 Å². The van der Waals surface area contributed by atoms with Crippen molar-refractivity contribution in [3.8, 4) is 0 Å². The molecule has 1 aromatic heterocycles. The maximum atomic E-state index is 12.7. The first-order valence-corrected chi connectivity index (χ1v) is 9.28. The van der Waals surface area contributed by atoms with E-state index in [9.17, 15) is 9.59 Å². The molecule has 0 saturated carbocycles. The van der Waals surface area contributed by atoms with E-state index in [1.54, 1.807) is 12.3 Å². The van der Waals surface area contributed by atoms with Crippen LogP contribution in [-0.2, 0) is 9.53 Å². The predicted molar refractivity (Wildman–Crippen MR) is 91.9 cm³/mol. The third kappa shape index (κ3) is 3.40. The molecule has 4 heterocycles. The molecule has 6 heteroatoms. The van der Waals surface area contributed by atoms with Gasteiger partial charge in [0.05, 0.1) is 13.2 Å². The lowest BCUT2D eigenvalue weighted by Crippen LogP contribution is -2.39. The molecule has 0 aromatic carbocycles. The standard InChI is InChI=1S/C19H25N3O3/c23-18(21-7-3-4-8-21)9-14-12-25-13-15-10-22(11-16(14)15)19(24)17-5-1-2-6-20-17/h1-2,5-6,14-16H,3-4,7-13H2/t14-,15-,16+/m1/s1. The van der Waals surface area contributed by atoms with E-state index in [0.29, 0.717) is 50.3 Å². The molecule has 0 bridgehead atoms. The fourth-order valence-corrected chi connectivity index (χ4v) is 4.45. The number of likely N-dealkylation sites (tertiary alicyclic amines) is 2. The van der Waals surface area contributed by atoms with Crippen LogP contribution >= 0.6 is 0 Å². The SMILES string of the molecule is O=C(C[C@@H]1COC[C@H]2CN(C(=O)c3ccccn3)C[C@@H]12)N1CCCC1. The summed E-state index contributed by atoms with van der Waals surface area (Å²) in [6.45, 7) is 4.52. The molecule has 3 aliphatic heterocycles. The molecular weight excluding hydrogens is 318 g/mol. The number of rotatable bonds is 3. The Morgan fingerprint density at radius 2 is 1.96 bits per heavy atom. The lowest BCUT2D eigenvalue weighted by Gasteiger charge is -2.33. The number of carbonyl (C=O) groups is 2. The van der Waals surface area contributed by atoms with Gasteiger partial charge in [-0.05, 0) is 36.8 Å². The van der Waals surface area contributed by atoms with Gasteiger partial charge < -0.3 is 14.5 Å². The zero-order valence-electron chi connectivity index (χ0n) is 14.5. The molecule has 3 aliphatic rings. The maximum Gasteiger partial charge on any atom is 0.272 e. The monoisotopic (exact) mass is 343 g/mol. The smallest absolute Gasteiger partial charge is 0.272 e. The quantitative estimate of drug-likeness (QED) is 0.833. The summed E-state index contributed by atoms with van der Waals surface area (Å²) in [4.78, 5) is 33.2. The number of aromatic nitrogens is 1. The molecule has 0 aliphatic carbocycles. The van der Waals surface area contributed by atoms with Gasteiger partial charge in [-0.15, -0.1) is 0 Å². The third-order valence-corrected chi connectivity index (χ3v) is 5.83. The molecule has 0 spiro atoms. The van der Waals surface area contributed by atoms with E-state index in [-0.39, 0.29) is 17.7 Å². The number of pyridine rings is 1. The highest BCUT2D eigenvalue weighted by Gasteiger charge is 2.43. The summed E-state index contributed by atoms with van der Waals surface area (Å²) in [5, 5.41) is 0. The Balaban J connectivity index is 1.41. The van der Waals surface area contributed by atoms with Crippen LogP contribution in [0.5, 0.6) is 0 Å². The molecule has 134 valence electrons. The minimum atomic E-state index is -0.0142. The van der Waals surface area contributed by atoms with E-state index in [2.05, 4.69) is 4.98 Å². The first kappa shape index (κ1) is 16.5. The predicted octanol–water partition coefficient (Wildman–Crippen LogP) is 1.43. The molecule has 3 saturated heterocycles. The Morgan fingerprint density at radius 1 is 1.12 bits per heavy atom. The van der Waals surface area contributed by atoms with Gasteiger partial charge in [0.25, 0.3) is 5.91 Å². The summed E-state index contributed by atoms with van der Waals surface area (Å²) in [6, 6.07) is 5.41. The van der Waals surface area contributed by atoms with Crippen LogP contribution < -0.4 is 0 Å². The Kier molecular flexibility index (Phi) is 4.70. The lowest BCUT2D eigenvalue weighted by atomic mass is 9.81. The molecule has 6 nitrogen and oxygen atoms in total. The topological polar surface area (TPSA) is 62.7 Å². The molecule has 1 aromatic rings. The van der Waals surface area contributed by atoms with Crippen molar-refractivity contribution in [2.75, 3.05) is 39.4 Å². The third-order valence-electron chi connectivity index (χ3n) is 5.83. The van der Waals surface area contributed by atoms with Crippen molar-refractivity contribution >= 4 is 11.8 Å². The number of fused-ring (bicyclic) bond motifs is 1. The first-order valence-electron chi connectivity index (χ1n) is 9.28. The summed E-state index contributed by atoms with van der Waals surface area (Å²) in [5.74, 6) is 1.14. The van der Waals surface area contributed by atoms with E-state index >= 15 is 0 Å². The minimum absolute atomic E-state index is 0.0142. The Hall–Kier alpha value is -1.95. The van der Waals surface area contributed by atoms with Crippen LogP contribution in [0.1, 0.15) is 29.8 Å². The molecular formula is C19H25N3O3. The number of hydrogen-bond acceptors (Lipinski definition) is 4. The average molecular weight is 343 g/mol. The lowest BCUT2D eigenvalue weighted by molar-refractivity contribution is -0.133. The van der Waals surface area contributed by atoms with Crippen molar-refractivity contribution in [2.24, 2.45) is 17.8 Å². The molecule has 3 atom stereocenters. The van der Waals surface area contributed by atoms with Crippen molar-refractivity contribution in [3.63, 3.8) is 0 Å². The van der Waals surface area contributed by atoms with Crippen molar-refractivity contribution in [3.05, 3.63) is 30.1 Å². The van der Waals surface area contributed by atoms with Crippen LogP contribution in [0.2, 0.25) is 0 Å². The zero-order chi connectivity index (χ0) is 17.2. The van der Waals surface area contributed by atoms with Gasteiger partial charge in [-0.25, -0.2) is 0 Å². The van der Waals surface area contributed by atoms with Crippen LogP contribution in [0, 0.1) is 17.8 Å². The average Bonchev–Trinajstić information content (AvgIpc) is 3.32. The van der Waals surface area contributed by atoms with Crippen LogP contribution in [0.4, 0.5) is 0 Å². The number of ether oxygens (including phenoxy) is 1. The van der Waals surface area contributed by atoms with Crippen molar-refractivity contribution in [1.82, 2.24) is 14.8 Å². The largest absolute Gasteiger partial charge is 0.381 e. The molecule has 0 radical (unpaired) electrons. The fraction of sp³-hybridized carbons (Fsp3) is 0.632. The highest BCUT2D eigenvalue weighted by atomic mass is 16.5. The number of nitrogens with zero attached hydrogens (tertiary/aromatic N) is 3. The summed E-state index contributed by atoms with van der Waals surface area (Å²) in [6.07, 6.45) is 4.43. The van der Waals surface area contributed by atoms with Crippen LogP contribution in [0.3, 0.4) is 0 Å². The second-order valence-electron chi connectivity index (χ2n) is 7.44. The maximum absolute atomic E-state index is 12.7. The first-order chi connectivity index (χ1) is 12.2. The summed E-state index contributed by atoms with van der Waals surface area (Å²) in [5.41, 5.74) is 0.492. The van der Waals surface area contributed by atoms with E-state index in [1.165, 1.54) is 0 Å². The molecule has 3 fully saturated rings. The molecule has 25 heavy (non-hydrogen) atoms. The van der Waals surface area contributed by atoms with Crippen molar-refractivity contribution < 1.29 is 14.3 Å². The highest BCUT2D eigenvalue weighted by molar-refractivity contribution is 5.92. The van der Waals surface area contributed by atoms with Gasteiger partial charge in [-0.2, -0.15) is 0 Å². The summed E-state index contributed by atoms with van der Waals surface area (Å²) < 4.78 is 5.77. The Morgan fingerprint density at radius 3 is 2.72 bits per heavy atom. The van der Waals surface area contributed by atoms with E-state index < -0.39 is 0 Å². The van der Waals surface area contributed by atoms with Crippen molar-refractivity contribution in [2.45, 2.75) is 19.3 Å². The molecule has 4 rings (SSSR count). The summed E-state index contributed by atoms with van der Waals surface area (Å²) >= 11 is 0. The molecule has 2 amide bonds. The van der Waals surface area contributed by atoms with Gasteiger partial charge in [0.1, 0.15) is 5.69 Å². The van der Waals surface area contributed by atoms with Gasteiger partial charge in [0.2, 0.25) is 5.91 Å². The van der Waals surface area contributed by atoms with Gasteiger partial charge in [0.15, 0.2) is 0 Å². The van der Waals surface area contributed by atoms with Gasteiger partial charge in [-0.3, -0.25) is 14.6 Å². The molecule has 0 unspecified atom stereocenters.